The van der Waals surface area contributed by atoms with E-state index in [4.69, 9.17) is 5.73 Å². The first-order valence-corrected chi connectivity index (χ1v) is 4.00. The average molecular weight is 156 g/mol. The summed E-state index contributed by atoms with van der Waals surface area (Å²) in [5.74, 6) is 1.19. The molecule has 0 radical (unpaired) electrons. The summed E-state index contributed by atoms with van der Waals surface area (Å²) in [6.45, 7) is 5.51. The minimum atomic E-state index is 0.318. The molecule has 3 nitrogen and oxygen atoms in total. The summed E-state index contributed by atoms with van der Waals surface area (Å²) in [6, 6.07) is 0. The van der Waals surface area contributed by atoms with E-state index in [1.807, 2.05) is 6.92 Å². The van der Waals surface area contributed by atoms with Gasteiger partial charge in [0.1, 0.15) is 0 Å². The molecule has 4 N–H and O–H groups in total. The predicted molar refractivity (Wildman–Crippen MR) is 45.0 cm³/mol. The fourth-order valence-corrected chi connectivity index (χ4v) is 1.55. The predicted octanol–water partition coefficient (Wildman–Crippen LogP) is 0.590. The molecule has 11 heavy (non-hydrogen) atoms. The Bertz CT molecular complexity index is 177. The van der Waals surface area contributed by atoms with Crippen molar-refractivity contribution in [2.75, 3.05) is 13.1 Å². The Morgan fingerprint density at radius 3 is 2.82 bits per heavy atom. The molecule has 0 saturated carbocycles. The molecule has 0 spiro atoms. The molecule has 2 atom stereocenters. The van der Waals surface area contributed by atoms with E-state index in [-0.39, 0.29) is 0 Å². The molecule has 0 aromatic carbocycles. The van der Waals surface area contributed by atoms with Crippen LogP contribution in [0.3, 0.4) is 0 Å². The van der Waals surface area contributed by atoms with Gasteiger partial charge in [0.2, 0.25) is 0 Å². The van der Waals surface area contributed by atoms with Crippen molar-refractivity contribution < 1.29 is 5.11 Å². The highest BCUT2D eigenvalue weighted by Crippen LogP contribution is 2.23. The van der Waals surface area contributed by atoms with Crippen molar-refractivity contribution in [1.29, 1.82) is 0 Å². The highest BCUT2D eigenvalue weighted by Gasteiger charge is 2.24. The second-order valence-electron chi connectivity index (χ2n) is 3.23. The van der Waals surface area contributed by atoms with Gasteiger partial charge in [-0.15, -0.1) is 0 Å². The van der Waals surface area contributed by atoms with E-state index < -0.39 is 0 Å². The fraction of sp³-hybridized carbons (Fsp3) is 0.750. The molecule has 0 amide bonds. The summed E-state index contributed by atoms with van der Waals surface area (Å²) in [5.41, 5.74) is 6.57. The second-order valence-corrected chi connectivity index (χ2v) is 3.23. The van der Waals surface area contributed by atoms with Crippen molar-refractivity contribution in [3.8, 4) is 0 Å². The van der Waals surface area contributed by atoms with E-state index in [1.165, 1.54) is 0 Å². The van der Waals surface area contributed by atoms with E-state index in [2.05, 4.69) is 12.2 Å². The van der Waals surface area contributed by atoms with Gasteiger partial charge in [-0.1, -0.05) is 6.92 Å². The molecule has 0 fully saturated rings. The minimum absolute atomic E-state index is 0.318. The van der Waals surface area contributed by atoms with Crippen LogP contribution >= 0.6 is 0 Å². The van der Waals surface area contributed by atoms with Gasteiger partial charge in [-0.05, 0) is 25.0 Å². The van der Waals surface area contributed by atoms with Gasteiger partial charge in [0.05, 0.1) is 0 Å². The quantitative estimate of drug-likeness (QED) is 0.521. The number of aliphatic hydroxyl groups excluding tert-OH is 1. The molecule has 0 aromatic heterocycles. The van der Waals surface area contributed by atoms with Crippen LogP contribution in [0, 0.1) is 11.8 Å². The van der Waals surface area contributed by atoms with Gasteiger partial charge in [-0.25, -0.2) is 0 Å². The molecule has 1 rings (SSSR count). The summed E-state index contributed by atoms with van der Waals surface area (Å²) in [7, 11) is 0. The topological polar surface area (TPSA) is 58.3 Å². The molecule has 1 heterocycles. The third kappa shape index (κ3) is 1.48. The zero-order chi connectivity index (χ0) is 8.43. The normalized spacial score (nSPS) is 31.9. The number of rotatable bonds is 1. The first kappa shape index (κ1) is 8.40. The number of nitrogens with one attached hydrogen (secondary N) is 1. The maximum absolute atomic E-state index is 9.31. The van der Waals surface area contributed by atoms with Gasteiger partial charge < -0.3 is 16.2 Å². The Kier molecular flexibility index (Phi) is 2.39. The van der Waals surface area contributed by atoms with Crippen molar-refractivity contribution in [3.63, 3.8) is 0 Å². The van der Waals surface area contributed by atoms with Crippen molar-refractivity contribution in [1.82, 2.24) is 5.32 Å². The first-order chi connectivity index (χ1) is 5.16. The Morgan fingerprint density at radius 1 is 1.73 bits per heavy atom. The molecule has 64 valence electrons. The van der Waals surface area contributed by atoms with E-state index in [1.54, 1.807) is 0 Å². The lowest BCUT2D eigenvalue weighted by atomic mass is 9.85. The first-order valence-electron chi connectivity index (χ1n) is 4.00. The maximum atomic E-state index is 9.31. The Labute approximate surface area is 67.3 Å². The average Bonchev–Trinajstić information content (AvgIpc) is 1.99. The highest BCUT2D eigenvalue weighted by atomic mass is 16.3. The van der Waals surface area contributed by atoms with E-state index in [0.29, 0.717) is 24.3 Å². The minimum Gasteiger partial charge on any atom is -0.495 e. The van der Waals surface area contributed by atoms with Gasteiger partial charge in [0.15, 0.2) is 5.88 Å². The maximum Gasteiger partial charge on any atom is 0.183 e. The van der Waals surface area contributed by atoms with Gasteiger partial charge in [0.25, 0.3) is 0 Å². The zero-order valence-corrected chi connectivity index (χ0v) is 7.09. The zero-order valence-electron chi connectivity index (χ0n) is 7.09. The molecule has 0 saturated heterocycles. The molecular formula is C8H16N2O. The lowest BCUT2D eigenvalue weighted by Gasteiger charge is -2.29. The fourth-order valence-electron chi connectivity index (χ4n) is 1.55. The summed E-state index contributed by atoms with van der Waals surface area (Å²) >= 11 is 0. The van der Waals surface area contributed by atoms with E-state index in [0.717, 1.165) is 12.1 Å². The third-order valence-corrected chi connectivity index (χ3v) is 2.46. The third-order valence-electron chi connectivity index (χ3n) is 2.46. The van der Waals surface area contributed by atoms with Crippen LogP contribution in [0.15, 0.2) is 11.5 Å². The standard InChI is InChI=1S/C8H16N2O/c1-5-4-10-8(11)6(2)7(5)3-9/h5,7,10-11H,3-4,9H2,1-2H3/t5?,7-/m1/s1. The molecule has 0 aliphatic carbocycles. The largest absolute Gasteiger partial charge is 0.495 e. The van der Waals surface area contributed by atoms with E-state index >= 15 is 0 Å². The van der Waals surface area contributed by atoms with Gasteiger partial charge in [0, 0.05) is 12.5 Å². The lowest BCUT2D eigenvalue weighted by molar-refractivity contribution is 0.276. The Balaban J connectivity index is 2.78. The van der Waals surface area contributed by atoms with Gasteiger partial charge in [-0.3, -0.25) is 0 Å². The molecule has 1 aliphatic rings. The van der Waals surface area contributed by atoms with Gasteiger partial charge >= 0.3 is 0 Å². The summed E-state index contributed by atoms with van der Waals surface area (Å²) in [6.07, 6.45) is 0. The van der Waals surface area contributed by atoms with Crippen molar-refractivity contribution in [2.45, 2.75) is 13.8 Å². The van der Waals surface area contributed by atoms with Crippen molar-refractivity contribution in [3.05, 3.63) is 11.5 Å². The summed E-state index contributed by atoms with van der Waals surface area (Å²) in [5, 5.41) is 12.2. The van der Waals surface area contributed by atoms with Crippen LogP contribution < -0.4 is 11.1 Å². The van der Waals surface area contributed by atoms with E-state index in [9.17, 15) is 5.11 Å². The molecular weight excluding hydrogens is 140 g/mol. The summed E-state index contributed by atoms with van der Waals surface area (Å²) in [4.78, 5) is 0. The van der Waals surface area contributed by atoms with Crippen molar-refractivity contribution in [2.24, 2.45) is 17.6 Å². The SMILES string of the molecule is CC1=C(O)NCC(C)[C@H]1CN. The molecule has 1 aliphatic heterocycles. The molecule has 3 heteroatoms. The van der Waals surface area contributed by atoms with Crippen LogP contribution in [0.25, 0.3) is 0 Å². The van der Waals surface area contributed by atoms with Crippen LogP contribution in [0.5, 0.6) is 0 Å². The summed E-state index contributed by atoms with van der Waals surface area (Å²) < 4.78 is 0. The monoisotopic (exact) mass is 156 g/mol. The van der Waals surface area contributed by atoms with Gasteiger partial charge in [-0.2, -0.15) is 0 Å². The van der Waals surface area contributed by atoms with Crippen LogP contribution in [0.2, 0.25) is 0 Å². The van der Waals surface area contributed by atoms with Crippen LogP contribution in [0.1, 0.15) is 13.8 Å². The number of hydrogen-bond acceptors (Lipinski definition) is 3. The lowest BCUT2D eigenvalue weighted by Crippen LogP contribution is -2.37. The van der Waals surface area contributed by atoms with Crippen molar-refractivity contribution >= 4 is 0 Å². The molecule has 0 bridgehead atoms. The Morgan fingerprint density at radius 2 is 2.36 bits per heavy atom. The highest BCUT2D eigenvalue weighted by molar-refractivity contribution is 5.12. The molecule has 0 aromatic rings. The smallest absolute Gasteiger partial charge is 0.183 e. The van der Waals surface area contributed by atoms with Crippen LogP contribution in [0.4, 0.5) is 0 Å². The molecule has 1 unspecified atom stereocenters. The van der Waals surface area contributed by atoms with Crippen LogP contribution in [-0.4, -0.2) is 18.2 Å². The Hall–Kier alpha value is -0.700. The number of hydrogen-bond donors (Lipinski definition) is 3. The number of nitrogens with two attached hydrogens (primary N) is 1. The number of aliphatic hydroxyl groups is 1. The second kappa shape index (κ2) is 3.13. The van der Waals surface area contributed by atoms with Crippen LogP contribution in [-0.2, 0) is 0 Å².